The Labute approximate surface area is 132 Å². The maximum absolute atomic E-state index is 12.2. The molecule has 1 aliphatic carbocycles. The van der Waals surface area contributed by atoms with Crippen LogP contribution in [0, 0.1) is 0 Å². The van der Waals surface area contributed by atoms with E-state index >= 15 is 0 Å². The van der Waals surface area contributed by atoms with Crippen LogP contribution in [0.3, 0.4) is 0 Å². The van der Waals surface area contributed by atoms with E-state index in [2.05, 4.69) is 46.0 Å². The molecule has 0 radical (unpaired) electrons. The maximum atomic E-state index is 12.2. The molecule has 2 aromatic rings. The lowest BCUT2D eigenvalue weighted by Crippen LogP contribution is -2.26. The topological polar surface area (TPSA) is 29.1 Å². The fraction of sp³-hybridized carbons (Fsp3) is 0.188. The first-order valence-corrected chi connectivity index (χ1v) is 7.73. The van der Waals surface area contributed by atoms with Gasteiger partial charge in [-0.15, -0.1) is 12.6 Å². The van der Waals surface area contributed by atoms with Gasteiger partial charge in [-0.1, -0.05) is 46.3 Å². The van der Waals surface area contributed by atoms with Gasteiger partial charge in [-0.05, 0) is 30.2 Å². The van der Waals surface area contributed by atoms with Gasteiger partial charge in [0.05, 0.1) is 5.56 Å². The second kappa shape index (κ2) is 5.62. The van der Waals surface area contributed by atoms with E-state index in [0.29, 0.717) is 16.4 Å². The molecule has 0 heterocycles. The molecule has 1 N–H and O–H groups in total. The Morgan fingerprint density at radius 3 is 2.65 bits per heavy atom. The molecule has 0 spiro atoms. The molecule has 20 heavy (non-hydrogen) atoms. The van der Waals surface area contributed by atoms with E-state index < -0.39 is 0 Å². The van der Waals surface area contributed by atoms with Crippen molar-refractivity contribution in [1.29, 1.82) is 0 Å². The second-order valence-electron chi connectivity index (χ2n) is 4.99. The molecule has 2 unspecified atom stereocenters. The monoisotopic (exact) mass is 347 g/mol. The zero-order valence-electron chi connectivity index (χ0n) is 10.7. The van der Waals surface area contributed by atoms with Gasteiger partial charge in [0.1, 0.15) is 0 Å². The molecule has 0 aliphatic heterocycles. The smallest absolute Gasteiger partial charge is 0.252 e. The van der Waals surface area contributed by atoms with Crippen molar-refractivity contribution in [3.8, 4) is 0 Å². The molecule has 4 heteroatoms. The van der Waals surface area contributed by atoms with Crippen LogP contribution in [0.5, 0.6) is 0 Å². The molecule has 0 saturated heterocycles. The molecule has 2 atom stereocenters. The molecular formula is C16H14BrNOS. The molecule has 1 fully saturated rings. The largest absolute Gasteiger partial charge is 0.349 e. The third kappa shape index (κ3) is 2.91. The third-order valence-corrected chi connectivity index (χ3v) is 4.40. The first-order chi connectivity index (χ1) is 9.65. The summed E-state index contributed by atoms with van der Waals surface area (Å²) in [6.45, 7) is 0. The summed E-state index contributed by atoms with van der Waals surface area (Å²) in [7, 11) is 0. The van der Waals surface area contributed by atoms with E-state index in [9.17, 15) is 4.79 Å². The fourth-order valence-corrected chi connectivity index (χ4v) is 3.22. The van der Waals surface area contributed by atoms with Crippen molar-refractivity contribution in [3.05, 3.63) is 64.1 Å². The first kappa shape index (κ1) is 13.7. The van der Waals surface area contributed by atoms with E-state index in [1.165, 1.54) is 5.56 Å². The van der Waals surface area contributed by atoms with Gasteiger partial charge in [0.15, 0.2) is 0 Å². The summed E-state index contributed by atoms with van der Waals surface area (Å²) in [5, 5.41) is 3.08. The Hall–Kier alpha value is -1.26. The van der Waals surface area contributed by atoms with Gasteiger partial charge in [-0.3, -0.25) is 4.79 Å². The molecule has 1 amide bonds. The average Bonchev–Trinajstić information content (AvgIpc) is 3.18. The predicted octanol–water partition coefficient (Wildman–Crippen LogP) is 4.02. The third-order valence-electron chi connectivity index (χ3n) is 3.54. The van der Waals surface area contributed by atoms with Crippen molar-refractivity contribution in [2.75, 3.05) is 0 Å². The zero-order chi connectivity index (χ0) is 14.1. The quantitative estimate of drug-likeness (QED) is 0.806. The number of carbonyl (C=O) groups is 1. The summed E-state index contributed by atoms with van der Waals surface area (Å²) >= 11 is 7.72. The van der Waals surface area contributed by atoms with E-state index in [4.69, 9.17) is 0 Å². The minimum atomic E-state index is -0.0501. The lowest BCUT2D eigenvalue weighted by atomic mass is 10.1. The van der Waals surface area contributed by atoms with Crippen molar-refractivity contribution < 1.29 is 4.79 Å². The van der Waals surface area contributed by atoms with Crippen LogP contribution in [0.15, 0.2) is 57.9 Å². The van der Waals surface area contributed by atoms with E-state index in [1.54, 1.807) is 6.07 Å². The normalized spacial score (nSPS) is 20.5. The van der Waals surface area contributed by atoms with Crippen LogP contribution in [0.1, 0.15) is 28.3 Å². The molecular weight excluding hydrogens is 334 g/mol. The Morgan fingerprint density at radius 2 is 1.95 bits per heavy atom. The highest BCUT2D eigenvalue weighted by Crippen LogP contribution is 2.40. The number of thiol groups is 1. The summed E-state index contributed by atoms with van der Waals surface area (Å²) < 4.78 is 0.924. The summed E-state index contributed by atoms with van der Waals surface area (Å²) in [4.78, 5) is 12.9. The van der Waals surface area contributed by atoms with Crippen molar-refractivity contribution in [2.24, 2.45) is 0 Å². The number of rotatable bonds is 3. The highest BCUT2D eigenvalue weighted by atomic mass is 79.9. The van der Waals surface area contributed by atoms with Crippen molar-refractivity contribution in [3.63, 3.8) is 0 Å². The number of amides is 1. The number of hydrogen-bond acceptors (Lipinski definition) is 2. The molecule has 2 aromatic carbocycles. The van der Waals surface area contributed by atoms with Gasteiger partial charge in [-0.25, -0.2) is 0 Å². The van der Waals surface area contributed by atoms with Crippen LogP contribution in [0.25, 0.3) is 0 Å². The minimum Gasteiger partial charge on any atom is -0.349 e. The molecule has 0 bridgehead atoms. The molecule has 1 aliphatic rings. The molecule has 0 aromatic heterocycles. The highest BCUT2D eigenvalue weighted by Gasteiger charge is 2.39. The van der Waals surface area contributed by atoms with Crippen molar-refractivity contribution in [1.82, 2.24) is 5.32 Å². The van der Waals surface area contributed by atoms with Gasteiger partial charge < -0.3 is 5.32 Å². The fourth-order valence-electron chi connectivity index (χ4n) is 2.37. The number of carbonyl (C=O) groups excluding carboxylic acids is 1. The number of nitrogens with one attached hydrogen (secondary N) is 1. The zero-order valence-corrected chi connectivity index (χ0v) is 13.2. The van der Waals surface area contributed by atoms with Crippen LogP contribution in [-0.4, -0.2) is 11.9 Å². The first-order valence-electron chi connectivity index (χ1n) is 6.49. The van der Waals surface area contributed by atoms with Gasteiger partial charge in [0, 0.05) is 21.3 Å². The molecule has 1 saturated carbocycles. The van der Waals surface area contributed by atoms with Crippen LogP contribution in [-0.2, 0) is 0 Å². The molecule has 102 valence electrons. The van der Waals surface area contributed by atoms with Crippen LogP contribution in [0.2, 0.25) is 0 Å². The lowest BCUT2D eigenvalue weighted by molar-refractivity contribution is 0.0947. The van der Waals surface area contributed by atoms with Gasteiger partial charge >= 0.3 is 0 Å². The van der Waals surface area contributed by atoms with E-state index in [1.807, 2.05) is 30.3 Å². The molecule has 3 rings (SSSR count). The maximum Gasteiger partial charge on any atom is 0.252 e. The summed E-state index contributed by atoms with van der Waals surface area (Å²) in [5.41, 5.74) is 1.91. The van der Waals surface area contributed by atoms with Crippen LogP contribution >= 0.6 is 28.6 Å². The number of halogens is 1. The average molecular weight is 348 g/mol. The van der Waals surface area contributed by atoms with Gasteiger partial charge in [0.2, 0.25) is 0 Å². The minimum absolute atomic E-state index is 0.0501. The highest BCUT2D eigenvalue weighted by molar-refractivity contribution is 9.10. The molecule has 2 nitrogen and oxygen atoms in total. The second-order valence-corrected chi connectivity index (χ2v) is 6.39. The Bertz CT molecular complexity index is 644. The standard InChI is InChI=1S/C16H14BrNOS/c17-11-6-7-12(15(20)8-11)16(19)18-14-9-13(14)10-4-2-1-3-5-10/h1-8,13-14,20H,9H2,(H,18,19). The Morgan fingerprint density at radius 1 is 1.20 bits per heavy atom. The summed E-state index contributed by atoms with van der Waals surface area (Å²) in [5.74, 6) is 0.393. The Balaban J connectivity index is 1.66. The summed E-state index contributed by atoms with van der Waals surface area (Å²) in [6.07, 6.45) is 1.01. The predicted molar refractivity (Wildman–Crippen MR) is 86.4 cm³/mol. The number of hydrogen-bond donors (Lipinski definition) is 2. The van der Waals surface area contributed by atoms with Crippen LogP contribution < -0.4 is 5.32 Å². The van der Waals surface area contributed by atoms with Crippen molar-refractivity contribution >= 4 is 34.5 Å². The SMILES string of the molecule is O=C(NC1CC1c1ccccc1)c1ccc(Br)cc1S. The van der Waals surface area contributed by atoms with Crippen molar-refractivity contribution in [2.45, 2.75) is 23.3 Å². The van der Waals surface area contributed by atoms with E-state index in [0.717, 1.165) is 10.9 Å². The van der Waals surface area contributed by atoms with Gasteiger partial charge in [-0.2, -0.15) is 0 Å². The number of benzene rings is 2. The summed E-state index contributed by atoms with van der Waals surface area (Å²) in [6, 6.07) is 16.0. The lowest BCUT2D eigenvalue weighted by Gasteiger charge is -2.07. The van der Waals surface area contributed by atoms with Gasteiger partial charge in [0.25, 0.3) is 5.91 Å². The van der Waals surface area contributed by atoms with Crippen LogP contribution in [0.4, 0.5) is 0 Å². The van der Waals surface area contributed by atoms with E-state index in [-0.39, 0.29) is 11.9 Å². The Kier molecular flexibility index (Phi) is 3.85.